The van der Waals surface area contributed by atoms with Crippen molar-refractivity contribution >= 4 is 11.8 Å². The lowest BCUT2D eigenvalue weighted by Gasteiger charge is -2.39. The molecule has 1 aliphatic carbocycles. The maximum absolute atomic E-state index is 12.7. The first-order chi connectivity index (χ1) is 15.3. The number of hydrogen-bond donors (Lipinski definition) is 0. The van der Waals surface area contributed by atoms with Crippen LogP contribution in [-0.4, -0.2) is 55.7 Å². The summed E-state index contributed by atoms with van der Waals surface area (Å²) in [7, 11) is 1.57. The van der Waals surface area contributed by atoms with Crippen LogP contribution < -0.4 is 0 Å². The van der Waals surface area contributed by atoms with E-state index in [9.17, 15) is 9.59 Å². The minimum Gasteiger partial charge on any atom is -0.465 e. The molecular weight excluding hydrogens is 412 g/mol. The van der Waals surface area contributed by atoms with Crippen molar-refractivity contribution in [2.75, 3.05) is 13.7 Å². The molecule has 1 aliphatic heterocycles. The van der Waals surface area contributed by atoms with Crippen LogP contribution in [0.2, 0.25) is 0 Å². The highest BCUT2D eigenvalue weighted by Gasteiger charge is 2.51. The number of rotatable bonds is 9. The third-order valence-corrected chi connectivity index (χ3v) is 5.94. The van der Waals surface area contributed by atoms with Crippen molar-refractivity contribution < 1.29 is 33.3 Å². The molecule has 32 heavy (non-hydrogen) atoms. The van der Waals surface area contributed by atoms with E-state index in [-0.39, 0.29) is 18.5 Å². The third-order valence-electron chi connectivity index (χ3n) is 5.94. The topological polar surface area (TPSA) is 80.3 Å². The van der Waals surface area contributed by atoms with E-state index in [0.717, 1.165) is 5.56 Å². The number of carbonyl (C=O) groups is 2. The molecule has 0 saturated carbocycles. The summed E-state index contributed by atoms with van der Waals surface area (Å²) >= 11 is 0. The fourth-order valence-corrected chi connectivity index (χ4v) is 4.63. The average Bonchev–Trinajstić information content (AvgIpc) is 3.03. The van der Waals surface area contributed by atoms with E-state index >= 15 is 0 Å². The molecule has 1 fully saturated rings. The molecule has 3 rings (SSSR count). The zero-order valence-corrected chi connectivity index (χ0v) is 19.5. The van der Waals surface area contributed by atoms with Crippen LogP contribution in [0, 0.1) is 11.8 Å². The molecule has 6 atom stereocenters. The van der Waals surface area contributed by atoms with Gasteiger partial charge in [0.1, 0.15) is 18.1 Å². The van der Waals surface area contributed by atoms with Gasteiger partial charge in [0.2, 0.25) is 0 Å². The standard InChI is InChI=1S/C25H34O7/c1-6-29-24(27)20-18(13-10-14-19(20)26)22(28-5)23(21-16(2)31-25(3,4)32-21)30-15-17-11-8-7-9-12-17/h7-12,14,16,18,20-23H,6,13,15H2,1-5H3/t16-,18?,20+,21+,22+,23+/m1/s1. The lowest BCUT2D eigenvalue weighted by Crippen LogP contribution is -2.52. The molecule has 0 aromatic heterocycles. The van der Waals surface area contributed by atoms with Crippen molar-refractivity contribution in [1.82, 2.24) is 0 Å². The first kappa shape index (κ1) is 24.6. The van der Waals surface area contributed by atoms with Gasteiger partial charge in [-0.15, -0.1) is 0 Å². The summed E-state index contributed by atoms with van der Waals surface area (Å²) in [6.07, 6.45) is 1.85. The van der Waals surface area contributed by atoms with Crippen molar-refractivity contribution in [3.8, 4) is 0 Å². The van der Waals surface area contributed by atoms with Gasteiger partial charge in [0.15, 0.2) is 11.6 Å². The van der Waals surface area contributed by atoms with Gasteiger partial charge >= 0.3 is 5.97 Å². The molecule has 0 spiro atoms. The van der Waals surface area contributed by atoms with E-state index in [1.165, 1.54) is 6.08 Å². The van der Waals surface area contributed by atoms with Crippen LogP contribution in [0.25, 0.3) is 0 Å². The molecule has 2 aliphatic rings. The van der Waals surface area contributed by atoms with Gasteiger partial charge in [0.05, 0.1) is 25.4 Å². The van der Waals surface area contributed by atoms with Crippen LogP contribution >= 0.6 is 0 Å². The lowest BCUT2D eigenvalue weighted by atomic mass is 9.76. The van der Waals surface area contributed by atoms with Crippen LogP contribution in [0.5, 0.6) is 0 Å². The Morgan fingerprint density at radius 1 is 1.19 bits per heavy atom. The Morgan fingerprint density at radius 2 is 1.91 bits per heavy atom. The molecule has 0 amide bonds. The van der Waals surface area contributed by atoms with E-state index in [1.807, 2.05) is 51.1 Å². The van der Waals surface area contributed by atoms with Gasteiger partial charge in [-0.1, -0.05) is 36.4 Å². The number of ketones is 1. The first-order valence-corrected chi connectivity index (χ1v) is 11.2. The van der Waals surface area contributed by atoms with Crippen LogP contribution in [0.1, 0.15) is 39.7 Å². The van der Waals surface area contributed by atoms with Crippen molar-refractivity contribution in [3.05, 3.63) is 48.0 Å². The number of methoxy groups -OCH3 is 1. The molecule has 0 radical (unpaired) electrons. The number of carbonyl (C=O) groups excluding carboxylic acids is 2. The van der Waals surface area contributed by atoms with Gasteiger partial charge in [-0.25, -0.2) is 0 Å². The Kier molecular flexibility index (Phi) is 8.22. The highest BCUT2D eigenvalue weighted by Crippen LogP contribution is 2.38. The zero-order valence-electron chi connectivity index (χ0n) is 19.5. The smallest absolute Gasteiger partial charge is 0.317 e. The zero-order chi connectivity index (χ0) is 23.3. The summed E-state index contributed by atoms with van der Waals surface area (Å²) < 4.78 is 29.7. The predicted octanol–water partition coefficient (Wildman–Crippen LogP) is 3.45. The molecular formula is C25H34O7. The summed E-state index contributed by atoms with van der Waals surface area (Å²) in [5.41, 5.74) is 1.000. The van der Waals surface area contributed by atoms with Crippen LogP contribution in [0.3, 0.4) is 0 Å². The van der Waals surface area contributed by atoms with Crippen molar-refractivity contribution in [1.29, 1.82) is 0 Å². The fourth-order valence-electron chi connectivity index (χ4n) is 4.63. The van der Waals surface area contributed by atoms with E-state index in [0.29, 0.717) is 13.0 Å². The van der Waals surface area contributed by atoms with E-state index in [2.05, 4.69) is 0 Å². The van der Waals surface area contributed by atoms with Crippen LogP contribution in [0.4, 0.5) is 0 Å². The van der Waals surface area contributed by atoms with E-state index in [4.69, 9.17) is 23.7 Å². The second kappa shape index (κ2) is 10.7. The minimum atomic E-state index is -0.946. The van der Waals surface area contributed by atoms with E-state index in [1.54, 1.807) is 20.1 Å². The van der Waals surface area contributed by atoms with Crippen molar-refractivity contribution in [2.45, 2.75) is 70.9 Å². The Morgan fingerprint density at radius 3 is 2.50 bits per heavy atom. The lowest BCUT2D eigenvalue weighted by molar-refractivity contribution is -0.187. The maximum atomic E-state index is 12.7. The highest BCUT2D eigenvalue weighted by molar-refractivity contribution is 6.06. The molecule has 1 heterocycles. The van der Waals surface area contributed by atoms with Gasteiger partial charge in [-0.3, -0.25) is 9.59 Å². The summed E-state index contributed by atoms with van der Waals surface area (Å²) in [4.78, 5) is 25.4. The molecule has 1 saturated heterocycles. The highest BCUT2D eigenvalue weighted by atomic mass is 16.8. The van der Waals surface area contributed by atoms with Gasteiger partial charge in [-0.05, 0) is 45.8 Å². The molecule has 0 bridgehead atoms. The third kappa shape index (κ3) is 5.64. The summed E-state index contributed by atoms with van der Waals surface area (Å²) in [5, 5.41) is 0. The molecule has 1 aromatic rings. The largest absolute Gasteiger partial charge is 0.465 e. The van der Waals surface area contributed by atoms with Crippen molar-refractivity contribution in [3.63, 3.8) is 0 Å². The second-order valence-corrected chi connectivity index (χ2v) is 8.70. The van der Waals surface area contributed by atoms with Gasteiger partial charge < -0.3 is 23.7 Å². The summed E-state index contributed by atoms with van der Waals surface area (Å²) in [6, 6.07) is 9.80. The average molecular weight is 447 g/mol. The van der Waals surface area contributed by atoms with Gasteiger partial charge in [-0.2, -0.15) is 0 Å². The Labute approximate surface area is 190 Å². The number of hydrogen-bond acceptors (Lipinski definition) is 7. The molecule has 7 heteroatoms. The summed E-state index contributed by atoms with van der Waals surface area (Å²) in [5.74, 6) is -2.98. The monoisotopic (exact) mass is 446 g/mol. The van der Waals surface area contributed by atoms with Crippen molar-refractivity contribution in [2.24, 2.45) is 11.8 Å². The predicted molar refractivity (Wildman–Crippen MR) is 118 cm³/mol. The Bertz CT molecular complexity index is 804. The molecule has 1 aromatic carbocycles. The summed E-state index contributed by atoms with van der Waals surface area (Å²) in [6.45, 7) is 7.90. The molecule has 7 nitrogen and oxygen atoms in total. The number of esters is 1. The van der Waals surface area contributed by atoms with Gasteiger partial charge in [0, 0.05) is 13.0 Å². The maximum Gasteiger partial charge on any atom is 0.317 e. The molecule has 1 unspecified atom stereocenters. The first-order valence-electron chi connectivity index (χ1n) is 11.2. The number of allylic oxidation sites excluding steroid dienone is 2. The second-order valence-electron chi connectivity index (χ2n) is 8.70. The Balaban J connectivity index is 1.92. The minimum absolute atomic E-state index is 0.204. The number of benzene rings is 1. The van der Waals surface area contributed by atoms with Gasteiger partial charge in [0.25, 0.3) is 0 Å². The molecule has 176 valence electrons. The SMILES string of the molecule is CCOC(=O)[C@@H]1C(=O)C=CCC1[C@H](OC)[C@@H](OCc1ccccc1)[C@H]1OC(C)(C)O[C@@H]1C. The molecule has 0 N–H and O–H groups in total. The quantitative estimate of drug-likeness (QED) is 0.425. The fraction of sp³-hybridized carbons (Fsp3) is 0.600. The van der Waals surface area contributed by atoms with Crippen LogP contribution in [-0.2, 0) is 39.9 Å². The van der Waals surface area contributed by atoms with Crippen LogP contribution in [0.15, 0.2) is 42.5 Å². The number of ether oxygens (including phenoxy) is 5. The normalized spacial score (nSPS) is 29.0. The van der Waals surface area contributed by atoms with E-state index < -0.39 is 41.9 Å². The Hall–Kier alpha value is -2.06.